The molecule has 1 aromatic rings. The number of aryl methyl sites for hydroxylation is 1. The summed E-state index contributed by atoms with van der Waals surface area (Å²) in [6, 6.07) is 3.00. The number of rotatable bonds is 2. The number of anilines is 1. The van der Waals surface area contributed by atoms with Gasteiger partial charge in [-0.3, -0.25) is 4.79 Å². The summed E-state index contributed by atoms with van der Waals surface area (Å²) in [6.45, 7) is 7.68. The summed E-state index contributed by atoms with van der Waals surface area (Å²) < 4.78 is 0.791. The van der Waals surface area contributed by atoms with E-state index in [2.05, 4.69) is 21.2 Å². The van der Waals surface area contributed by atoms with Gasteiger partial charge in [0.05, 0.1) is 11.7 Å². The van der Waals surface area contributed by atoms with Crippen LogP contribution in [0.25, 0.3) is 0 Å². The number of hydrogen-bond donors (Lipinski definition) is 2. The fourth-order valence-electron chi connectivity index (χ4n) is 1.35. The van der Waals surface area contributed by atoms with Gasteiger partial charge < -0.3 is 11.1 Å². The van der Waals surface area contributed by atoms with Crippen molar-refractivity contribution >= 4 is 39.1 Å². The van der Waals surface area contributed by atoms with Gasteiger partial charge in [0, 0.05) is 9.50 Å². The van der Waals surface area contributed by atoms with E-state index in [1.807, 2.05) is 33.8 Å². The van der Waals surface area contributed by atoms with Gasteiger partial charge in [-0.15, -0.1) is 0 Å². The van der Waals surface area contributed by atoms with Crippen LogP contribution in [0.1, 0.15) is 26.3 Å². The number of carbonyl (C=O) groups excluding carboxylic acids is 1. The van der Waals surface area contributed by atoms with Gasteiger partial charge in [-0.25, -0.2) is 0 Å². The van der Waals surface area contributed by atoms with Crippen LogP contribution in [0.15, 0.2) is 16.6 Å². The molecule has 0 unspecified atom stereocenters. The summed E-state index contributed by atoms with van der Waals surface area (Å²) in [6.07, 6.45) is 0. The molecule has 0 saturated heterocycles. The summed E-state index contributed by atoms with van der Waals surface area (Å²) in [5, 5.41) is 3.40. The molecule has 0 fully saturated rings. The minimum absolute atomic E-state index is 0.219. The maximum Gasteiger partial charge on any atom is 0.241 e. The minimum Gasteiger partial charge on any atom is -0.324 e. The van der Waals surface area contributed by atoms with Crippen molar-refractivity contribution in [2.24, 2.45) is 11.1 Å². The monoisotopic (exact) mass is 332 g/mol. The summed E-state index contributed by atoms with van der Waals surface area (Å²) in [5.41, 5.74) is 7.19. The van der Waals surface area contributed by atoms with Crippen LogP contribution in [-0.4, -0.2) is 11.9 Å². The van der Waals surface area contributed by atoms with E-state index >= 15 is 0 Å². The molecule has 0 aliphatic carbocycles. The largest absolute Gasteiger partial charge is 0.324 e. The van der Waals surface area contributed by atoms with Crippen molar-refractivity contribution in [2.75, 3.05) is 5.32 Å². The van der Waals surface area contributed by atoms with Crippen LogP contribution < -0.4 is 11.1 Å². The smallest absolute Gasteiger partial charge is 0.241 e. The SMILES string of the molecule is Cc1cc(Br)c(NC(=O)[C@H](N)C(C)(C)C)cc1Cl. The highest BCUT2D eigenvalue weighted by molar-refractivity contribution is 9.10. The highest BCUT2D eigenvalue weighted by Gasteiger charge is 2.27. The van der Waals surface area contributed by atoms with Gasteiger partial charge in [-0.2, -0.15) is 0 Å². The van der Waals surface area contributed by atoms with Crippen molar-refractivity contribution < 1.29 is 4.79 Å². The predicted octanol–water partition coefficient (Wildman–Crippen LogP) is 3.72. The van der Waals surface area contributed by atoms with Crippen molar-refractivity contribution in [2.45, 2.75) is 33.7 Å². The van der Waals surface area contributed by atoms with Crippen LogP contribution in [0, 0.1) is 12.3 Å². The minimum atomic E-state index is -0.579. The topological polar surface area (TPSA) is 55.1 Å². The zero-order valence-corrected chi connectivity index (χ0v) is 13.3. The summed E-state index contributed by atoms with van der Waals surface area (Å²) in [4.78, 5) is 12.0. The zero-order chi connectivity index (χ0) is 14.1. The number of hydrogen-bond acceptors (Lipinski definition) is 2. The molecule has 1 rings (SSSR count). The van der Waals surface area contributed by atoms with E-state index in [9.17, 15) is 4.79 Å². The first-order valence-corrected chi connectivity index (χ1v) is 6.82. The molecule has 1 amide bonds. The molecule has 0 aliphatic rings. The zero-order valence-electron chi connectivity index (χ0n) is 11.0. The number of amides is 1. The first kappa shape index (κ1) is 15.5. The van der Waals surface area contributed by atoms with E-state index in [0.717, 1.165) is 10.0 Å². The van der Waals surface area contributed by atoms with Crippen molar-refractivity contribution in [1.82, 2.24) is 0 Å². The Labute approximate surface area is 121 Å². The Morgan fingerprint density at radius 1 is 1.44 bits per heavy atom. The fraction of sp³-hybridized carbons (Fsp3) is 0.462. The van der Waals surface area contributed by atoms with Crippen molar-refractivity contribution in [3.8, 4) is 0 Å². The summed E-state index contributed by atoms with van der Waals surface area (Å²) >= 11 is 9.43. The lowest BCUT2D eigenvalue weighted by Crippen LogP contribution is -2.45. The average molecular weight is 334 g/mol. The summed E-state index contributed by atoms with van der Waals surface area (Å²) in [5.74, 6) is -0.219. The molecule has 0 aliphatic heterocycles. The second-order valence-electron chi connectivity index (χ2n) is 5.41. The van der Waals surface area contributed by atoms with E-state index in [4.69, 9.17) is 17.3 Å². The molecule has 0 aromatic heterocycles. The molecule has 0 saturated carbocycles. The van der Waals surface area contributed by atoms with E-state index in [0.29, 0.717) is 10.7 Å². The molecule has 0 heterocycles. The normalized spacial score (nSPS) is 13.3. The molecule has 5 heteroatoms. The van der Waals surface area contributed by atoms with Gasteiger partial charge in [-0.1, -0.05) is 32.4 Å². The molecule has 100 valence electrons. The highest BCUT2D eigenvalue weighted by atomic mass is 79.9. The lowest BCUT2D eigenvalue weighted by Gasteiger charge is -2.26. The first-order chi connectivity index (χ1) is 8.12. The molecule has 1 aromatic carbocycles. The van der Waals surface area contributed by atoms with Crippen LogP contribution in [-0.2, 0) is 4.79 Å². The number of halogens is 2. The third-order valence-electron chi connectivity index (χ3n) is 2.72. The average Bonchev–Trinajstić information content (AvgIpc) is 2.23. The number of nitrogens with two attached hydrogens (primary N) is 1. The van der Waals surface area contributed by atoms with Gasteiger partial charge >= 0.3 is 0 Å². The Morgan fingerprint density at radius 3 is 2.50 bits per heavy atom. The van der Waals surface area contributed by atoms with E-state index in [1.54, 1.807) is 6.07 Å². The van der Waals surface area contributed by atoms with Gasteiger partial charge in [0.2, 0.25) is 5.91 Å². The fourth-order valence-corrected chi connectivity index (χ4v) is 2.07. The molecule has 3 N–H and O–H groups in total. The van der Waals surface area contributed by atoms with E-state index in [-0.39, 0.29) is 11.3 Å². The Balaban J connectivity index is 2.92. The molecule has 3 nitrogen and oxygen atoms in total. The molecule has 18 heavy (non-hydrogen) atoms. The van der Waals surface area contributed by atoms with Gasteiger partial charge in [0.25, 0.3) is 0 Å². The van der Waals surface area contributed by atoms with Gasteiger partial charge in [0.15, 0.2) is 0 Å². The van der Waals surface area contributed by atoms with Crippen molar-refractivity contribution in [3.05, 3.63) is 27.2 Å². The third kappa shape index (κ3) is 3.70. The van der Waals surface area contributed by atoms with E-state index in [1.165, 1.54) is 0 Å². The van der Waals surface area contributed by atoms with Crippen molar-refractivity contribution in [3.63, 3.8) is 0 Å². The Hall–Kier alpha value is -0.580. The molecule has 0 radical (unpaired) electrons. The number of carbonyl (C=O) groups is 1. The van der Waals surface area contributed by atoms with Crippen LogP contribution in [0.4, 0.5) is 5.69 Å². The van der Waals surface area contributed by atoms with Crippen LogP contribution in [0.3, 0.4) is 0 Å². The summed E-state index contributed by atoms with van der Waals surface area (Å²) in [7, 11) is 0. The highest BCUT2D eigenvalue weighted by Crippen LogP contribution is 2.29. The maximum absolute atomic E-state index is 12.0. The van der Waals surface area contributed by atoms with Crippen molar-refractivity contribution in [1.29, 1.82) is 0 Å². The lowest BCUT2D eigenvalue weighted by atomic mass is 9.87. The third-order valence-corrected chi connectivity index (χ3v) is 3.78. The van der Waals surface area contributed by atoms with E-state index < -0.39 is 6.04 Å². The molecular formula is C13H18BrClN2O. The molecule has 0 spiro atoms. The first-order valence-electron chi connectivity index (χ1n) is 5.65. The maximum atomic E-state index is 12.0. The molecule has 1 atom stereocenters. The molecule has 0 bridgehead atoms. The number of benzene rings is 1. The standard InChI is InChI=1S/C13H18BrClN2O/c1-7-5-8(14)10(6-9(7)15)17-12(18)11(16)13(2,3)4/h5-6,11H,16H2,1-4H3,(H,17,18)/t11-/m0/s1. The Kier molecular flexibility index (Phi) is 4.81. The quantitative estimate of drug-likeness (QED) is 0.866. The second kappa shape index (κ2) is 5.59. The van der Waals surface area contributed by atoms with Crippen LogP contribution in [0.5, 0.6) is 0 Å². The molecular weight excluding hydrogens is 316 g/mol. The lowest BCUT2D eigenvalue weighted by molar-refractivity contribution is -0.119. The second-order valence-corrected chi connectivity index (χ2v) is 6.68. The van der Waals surface area contributed by atoms with Gasteiger partial charge in [-0.05, 0) is 46.0 Å². The number of nitrogens with one attached hydrogen (secondary N) is 1. The van der Waals surface area contributed by atoms with Crippen LogP contribution >= 0.6 is 27.5 Å². The Bertz CT molecular complexity index is 469. The predicted molar refractivity (Wildman–Crippen MR) is 79.9 cm³/mol. The van der Waals surface area contributed by atoms with Gasteiger partial charge in [0.1, 0.15) is 0 Å². The van der Waals surface area contributed by atoms with Crippen LogP contribution in [0.2, 0.25) is 5.02 Å². The Morgan fingerprint density at radius 2 is 2.00 bits per heavy atom.